The second-order valence-corrected chi connectivity index (χ2v) is 5.70. The Hall–Kier alpha value is -3.15. The van der Waals surface area contributed by atoms with Crippen molar-refractivity contribution in [3.8, 4) is 5.75 Å². The van der Waals surface area contributed by atoms with Crippen molar-refractivity contribution in [1.29, 1.82) is 0 Å². The summed E-state index contributed by atoms with van der Waals surface area (Å²) in [6.07, 6.45) is 0.189. The van der Waals surface area contributed by atoms with Crippen LogP contribution < -0.4 is 10.9 Å². The monoisotopic (exact) mass is 341 g/mol. The van der Waals surface area contributed by atoms with Gasteiger partial charge in [0.05, 0.1) is 5.69 Å². The molecule has 0 saturated heterocycles. The van der Waals surface area contributed by atoms with Gasteiger partial charge in [-0.1, -0.05) is 12.1 Å². The number of phenolic OH excluding ortho intramolecular Hbond substituents is 1. The molecule has 1 heterocycles. The number of rotatable bonds is 4. The summed E-state index contributed by atoms with van der Waals surface area (Å²) in [5, 5.41) is 12.7. The van der Waals surface area contributed by atoms with E-state index in [9.17, 15) is 19.1 Å². The van der Waals surface area contributed by atoms with Gasteiger partial charge in [0.2, 0.25) is 5.91 Å². The van der Waals surface area contributed by atoms with Gasteiger partial charge in [-0.05, 0) is 43.2 Å². The molecule has 2 N–H and O–H groups in total. The molecule has 6 heteroatoms. The third-order valence-corrected chi connectivity index (χ3v) is 4.02. The van der Waals surface area contributed by atoms with E-state index in [0.717, 1.165) is 0 Å². The van der Waals surface area contributed by atoms with Gasteiger partial charge >= 0.3 is 5.63 Å². The first-order valence-electron chi connectivity index (χ1n) is 7.75. The van der Waals surface area contributed by atoms with Crippen LogP contribution in [0.1, 0.15) is 17.5 Å². The summed E-state index contributed by atoms with van der Waals surface area (Å²) in [5.74, 6) is -0.904. The van der Waals surface area contributed by atoms with Crippen molar-refractivity contribution < 1.29 is 18.7 Å². The van der Waals surface area contributed by atoms with E-state index in [2.05, 4.69) is 5.32 Å². The highest BCUT2D eigenvalue weighted by molar-refractivity contribution is 5.91. The lowest BCUT2D eigenvalue weighted by atomic mass is 10.0. The number of anilines is 1. The molecule has 5 nitrogen and oxygen atoms in total. The SMILES string of the molecule is Cc1c(CCC(=O)Nc2ccccc2F)c(=O)oc2cc(O)ccc12. The number of fused-ring (bicyclic) bond motifs is 1. The summed E-state index contributed by atoms with van der Waals surface area (Å²) in [6, 6.07) is 10.4. The van der Waals surface area contributed by atoms with Crippen LogP contribution in [0.3, 0.4) is 0 Å². The molecule has 25 heavy (non-hydrogen) atoms. The average molecular weight is 341 g/mol. The van der Waals surface area contributed by atoms with Crippen molar-refractivity contribution in [2.45, 2.75) is 19.8 Å². The summed E-state index contributed by atoms with van der Waals surface area (Å²) < 4.78 is 18.8. The second kappa shape index (κ2) is 6.76. The minimum absolute atomic E-state index is 0.00654. The second-order valence-electron chi connectivity index (χ2n) is 5.70. The molecule has 0 spiro atoms. The number of para-hydroxylation sites is 1. The fraction of sp³-hybridized carbons (Fsp3) is 0.158. The molecule has 1 aromatic heterocycles. The van der Waals surface area contributed by atoms with E-state index in [0.29, 0.717) is 22.1 Å². The van der Waals surface area contributed by atoms with Gasteiger partial charge in [-0.15, -0.1) is 0 Å². The number of amides is 1. The molecular weight excluding hydrogens is 325 g/mol. The number of aryl methyl sites for hydroxylation is 1. The smallest absolute Gasteiger partial charge is 0.339 e. The Balaban J connectivity index is 1.79. The largest absolute Gasteiger partial charge is 0.508 e. The first-order chi connectivity index (χ1) is 12.0. The number of hydrogen-bond acceptors (Lipinski definition) is 4. The number of carbonyl (C=O) groups is 1. The van der Waals surface area contributed by atoms with Gasteiger partial charge in [0.25, 0.3) is 0 Å². The van der Waals surface area contributed by atoms with E-state index in [4.69, 9.17) is 4.42 Å². The molecule has 0 radical (unpaired) electrons. The number of aromatic hydroxyl groups is 1. The third kappa shape index (κ3) is 3.52. The zero-order valence-electron chi connectivity index (χ0n) is 13.5. The van der Waals surface area contributed by atoms with Gasteiger partial charge in [-0.2, -0.15) is 0 Å². The standard InChI is InChI=1S/C19H16FNO4/c1-11-13-7-6-12(22)10-17(13)25-19(24)14(11)8-9-18(23)21-16-5-3-2-4-15(16)20/h2-7,10,22H,8-9H2,1H3,(H,21,23). The molecule has 0 aliphatic heterocycles. The molecule has 0 aliphatic carbocycles. The minimum atomic E-state index is -0.547. The van der Waals surface area contributed by atoms with E-state index in [1.165, 1.54) is 30.3 Å². The van der Waals surface area contributed by atoms with E-state index in [1.54, 1.807) is 19.1 Å². The van der Waals surface area contributed by atoms with E-state index >= 15 is 0 Å². The third-order valence-electron chi connectivity index (χ3n) is 4.02. The van der Waals surface area contributed by atoms with E-state index < -0.39 is 17.3 Å². The highest BCUT2D eigenvalue weighted by atomic mass is 19.1. The van der Waals surface area contributed by atoms with Gasteiger partial charge in [0.1, 0.15) is 17.1 Å². The van der Waals surface area contributed by atoms with Crippen molar-refractivity contribution in [3.63, 3.8) is 0 Å². The molecule has 0 fully saturated rings. The highest BCUT2D eigenvalue weighted by Gasteiger charge is 2.14. The topological polar surface area (TPSA) is 79.5 Å². The molecular formula is C19H16FNO4. The number of nitrogens with one attached hydrogen (secondary N) is 1. The molecule has 128 valence electrons. The number of halogens is 1. The molecule has 1 amide bonds. The summed E-state index contributed by atoms with van der Waals surface area (Å²) in [6.45, 7) is 1.76. The predicted octanol–water partition coefficient (Wildman–Crippen LogP) is 3.52. The minimum Gasteiger partial charge on any atom is -0.508 e. The van der Waals surface area contributed by atoms with Gasteiger partial charge in [-0.25, -0.2) is 9.18 Å². The van der Waals surface area contributed by atoms with Gasteiger partial charge in [0, 0.05) is 23.4 Å². The van der Waals surface area contributed by atoms with Crippen LogP contribution in [0, 0.1) is 12.7 Å². The summed E-state index contributed by atoms with van der Waals surface area (Å²) >= 11 is 0. The Morgan fingerprint density at radius 2 is 2.00 bits per heavy atom. The van der Waals surface area contributed by atoms with E-state index in [1.807, 2.05) is 0 Å². The van der Waals surface area contributed by atoms with Gasteiger partial charge < -0.3 is 14.8 Å². The molecule has 0 unspecified atom stereocenters. The molecule has 2 aromatic carbocycles. The zero-order valence-corrected chi connectivity index (χ0v) is 13.5. The summed E-state index contributed by atoms with van der Waals surface area (Å²) in [4.78, 5) is 24.2. The molecule has 0 aliphatic rings. The quantitative estimate of drug-likeness (QED) is 0.712. The number of phenols is 1. The van der Waals surface area contributed by atoms with Crippen LogP contribution in [0.15, 0.2) is 51.7 Å². The van der Waals surface area contributed by atoms with Crippen LogP contribution in [0.4, 0.5) is 10.1 Å². The van der Waals surface area contributed by atoms with Gasteiger partial charge in [0.15, 0.2) is 0 Å². The highest BCUT2D eigenvalue weighted by Crippen LogP contribution is 2.24. The first kappa shape index (κ1) is 16.7. The predicted molar refractivity (Wildman–Crippen MR) is 92.2 cm³/mol. The van der Waals surface area contributed by atoms with Crippen molar-refractivity contribution in [3.05, 3.63) is 69.8 Å². The van der Waals surface area contributed by atoms with Crippen LogP contribution >= 0.6 is 0 Å². The Kier molecular flexibility index (Phi) is 4.52. The number of carbonyl (C=O) groups excluding carboxylic acids is 1. The normalized spacial score (nSPS) is 10.8. The van der Waals surface area contributed by atoms with Crippen molar-refractivity contribution >= 4 is 22.6 Å². The maximum Gasteiger partial charge on any atom is 0.339 e. The molecule has 0 atom stereocenters. The lowest BCUT2D eigenvalue weighted by Gasteiger charge is -2.09. The fourth-order valence-electron chi connectivity index (χ4n) is 2.69. The van der Waals surface area contributed by atoms with E-state index in [-0.39, 0.29) is 24.3 Å². The molecule has 3 rings (SSSR count). The summed E-state index contributed by atoms with van der Waals surface area (Å²) in [5.41, 5.74) is 0.938. The maximum atomic E-state index is 13.5. The Labute approximate surface area is 142 Å². The van der Waals surface area contributed by atoms with Crippen LogP contribution in [0.2, 0.25) is 0 Å². The van der Waals surface area contributed by atoms with Crippen molar-refractivity contribution in [2.24, 2.45) is 0 Å². The van der Waals surface area contributed by atoms with Gasteiger partial charge in [-0.3, -0.25) is 4.79 Å². The summed E-state index contributed by atoms with van der Waals surface area (Å²) in [7, 11) is 0. The van der Waals surface area contributed by atoms with Crippen LogP contribution in [-0.2, 0) is 11.2 Å². The van der Waals surface area contributed by atoms with Crippen LogP contribution in [0.5, 0.6) is 5.75 Å². The molecule has 3 aromatic rings. The fourth-order valence-corrected chi connectivity index (χ4v) is 2.69. The Morgan fingerprint density at radius 3 is 2.76 bits per heavy atom. The maximum absolute atomic E-state index is 13.5. The Bertz CT molecular complexity index is 1010. The number of hydrogen-bond donors (Lipinski definition) is 2. The molecule has 0 bridgehead atoms. The van der Waals surface area contributed by atoms with Crippen molar-refractivity contribution in [2.75, 3.05) is 5.32 Å². The lowest BCUT2D eigenvalue weighted by Crippen LogP contribution is -2.17. The van der Waals surface area contributed by atoms with Crippen LogP contribution in [0.25, 0.3) is 11.0 Å². The number of benzene rings is 2. The average Bonchev–Trinajstić information content (AvgIpc) is 2.56. The first-order valence-corrected chi connectivity index (χ1v) is 7.75. The molecule has 0 saturated carbocycles. The van der Waals surface area contributed by atoms with Crippen molar-refractivity contribution in [1.82, 2.24) is 0 Å². The zero-order chi connectivity index (χ0) is 18.0. The Morgan fingerprint density at radius 1 is 1.24 bits per heavy atom. The van der Waals surface area contributed by atoms with Crippen LogP contribution in [-0.4, -0.2) is 11.0 Å². The lowest BCUT2D eigenvalue weighted by molar-refractivity contribution is -0.116.